The first-order chi connectivity index (χ1) is 11.6. The number of aliphatic carboxylic acids is 1. The smallest absolute Gasteiger partial charge is 0.303 e. The van der Waals surface area contributed by atoms with Crippen molar-refractivity contribution in [3.8, 4) is 0 Å². The summed E-state index contributed by atoms with van der Waals surface area (Å²) < 4.78 is 0. The van der Waals surface area contributed by atoms with Crippen molar-refractivity contribution >= 4 is 5.97 Å². The number of hydrogen-bond donors (Lipinski definition) is 3. The third kappa shape index (κ3) is 3.83. The number of carboxylic acids is 1. The topological polar surface area (TPSA) is 77.8 Å². The Morgan fingerprint density at radius 2 is 2.08 bits per heavy atom. The van der Waals surface area contributed by atoms with Gasteiger partial charge in [-0.25, -0.2) is 0 Å². The summed E-state index contributed by atoms with van der Waals surface area (Å²) in [4.78, 5) is 10.5. The Labute approximate surface area is 143 Å². The lowest BCUT2D eigenvalue weighted by atomic mass is 9.71. The number of fused-ring (bicyclic) bond motifs is 1. The van der Waals surface area contributed by atoms with Gasteiger partial charge in [-0.3, -0.25) is 4.79 Å². The van der Waals surface area contributed by atoms with Crippen LogP contribution in [0.2, 0.25) is 0 Å². The van der Waals surface area contributed by atoms with E-state index in [1.165, 1.54) is 18.4 Å². The summed E-state index contributed by atoms with van der Waals surface area (Å²) in [6, 6.07) is 0. The van der Waals surface area contributed by atoms with Gasteiger partial charge in [0.25, 0.3) is 0 Å². The predicted molar refractivity (Wildman–Crippen MR) is 91.3 cm³/mol. The van der Waals surface area contributed by atoms with Gasteiger partial charge in [0.1, 0.15) is 0 Å². The van der Waals surface area contributed by atoms with Crippen LogP contribution < -0.4 is 0 Å². The maximum Gasteiger partial charge on any atom is 0.303 e. The molecule has 5 atom stereocenters. The van der Waals surface area contributed by atoms with Crippen molar-refractivity contribution in [2.45, 2.75) is 63.6 Å². The predicted octanol–water partition coefficient (Wildman–Crippen LogP) is 3.06. The highest BCUT2D eigenvalue weighted by atomic mass is 16.4. The van der Waals surface area contributed by atoms with Gasteiger partial charge in [0, 0.05) is 12.3 Å². The minimum Gasteiger partial charge on any atom is -0.481 e. The van der Waals surface area contributed by atoms with Crippen molar-refractivity contribution < 1.29 is 20.1 Å². The van der Waals surface area contributed by atoms with Crippen LogP contribution >= 0.6 is 0 Å². The Balaban J connectivity index is 1.53. The van der Waals surface area contributed by atoms with E-state index in [0.717, 1.165) is 25.7 Å². The fourth-order valence-electron chi connectivity index (χ4n) is 4.54. The maximum absolute atomic E-state index is 10.5. The second-order valence-corrected chi connectivity index (χ2v) is 7.59. The lowest BCUT2D eigenvalue weighted by Gasteiger charge is -2.34. The number of carbonyl (C=O) groups is 1. The zero-order valence-corrected chi connectivity index (χ0v) is 14.1. The molecule has 3 fully saturated rings. The minimum atomic E-state index is -0.785. The Morgan fingerprint density at radius 3 is 2.79 bits per heavy atom. The molecule has 0 amide bonds. The third-order valence-corrected chi connectivity index (χ3v) is 6.05. The number of aliphatic hydroxyl groups is 2. The number of hydrogen-bond acceptors (Lipinski definition) is 3. The lowest BCUT2D eigenvalue weighted by molar-refractivity contribution is -0.136. The summed E-state index contributed by atoms with van der Waals surface area (Å²) in [5.74, 6) is 0.406. The third-order valence-electron chi connectivity index (χ3n) is 6.05. The average Bonchev–Trinajstić information content (AvgIpc) is 3.13. The molecular formula is C20H28O4. The van der Waals surface area contributed by atoms with E-state index in [9.17, 15) is 15.0 Å². The molecule has 3 rings (SSSR count). The molecule has 0 bridgehead atoms. The quantitative estimate of drug-likeness (QED) is 0.516. The van der Waals surface area contributed by atoms with Gasteiger partial charge < -0.3 is 15.3 Å². The van der Waals surface area contributed by atoms with Gasteiger partial charge in [0.15, 0.2) is 0 Å². The molecule has 0 aliphatic heterocycles. The minimum absolute atomic E-state index is 0.120. The monoisotopic (exact) mass is 332 g/mol. The normalized spacial score (nSPS) is 34.0. The molecular weight excluding hydrogens is 304 g/mol. The summed E-state index contributed by atoms with van der Waals surface area (Å²) in [5.41, 5.74) is 4.46. The molecule has 3 aliphatic rings. The molecule has 3 aliphatic carbocycles. The molecule has 4 heteroatoms. The summed E-state index contributed by atoms with van der Waals surface area (Å²) in [6.45, 7) is 0. The van der Waals surface area contributed by atoms with Gasteiger partial charge in [-0.2, -0.15) is 0 Å². The molecule has 24 heavy (non-hydrogen) atoms. The molecule has 0 aromatic carbocycles. The van der Waals surface area contributed by atoms with Crippen LogP contribution in [0.4, 0.5) is 0 Å². The summed E-state index contributed by atoms with van der Waals surface area (Å²) >= 11 is 0. The first-order valence-electron chi connectivity index (χ1n) is 9.26. The molecule has 0 radical (unpaired) electrons. The van der Waals surface area contributed by atoms with Gasteiger partial charge in [-0.05, 0) is 61.5 Å². The molecule has 4 nitrogen and oxygen atoms in total. The second kappa shape index (κ2) is 7.69. The van der Waals surface area contributed by atoms with Crippen molar-refractivity contribution in [1.29, 1.82) is 0 Å². The Kier molecular flexibility index (Phi) is 5.60. The van der Waals surface area contributed by atoms with Gasteiger partial charge in [-0.1, -0.05) is 25.0 Å². The average molecular weight is 332 g/mol. The molecule has 3 saturated carbocycles. The van der Waals surface area contributed by atoms with Crippen molar-refractivity contribution in [3.63, 3.8) is 0 Å². The van der Waals surface area contributed by atoms with Crippen molar-refractivity contribution in [2.75, 3.05) is 0 Å². The molecule has 0 spiro atoms. The van der Waals surface area contributed by atoms with E-state index in [1.807, 2.05) is 18.2 Å². The molecule has 0 heterocycles. The van der Waals surface area contributed by atoms with Crippen LogP contribution in [0.15, 0.2) is 29.5 Å². The SMILES string of the molecule is O=C(O)CCC=C=C1CC2C1CC(C=CC(O)C1CCCC1)C2O. The molecule has 0 aromatic heterocycles. The molecule has 5 unspecified atom stereocenters. The highest BCUT2D eigenvalue weighted by Gasteiger charge is 2.49. The number of rotatable bonds is 6. The van der Waals surface area contributed by atoms with Crippen LogP contribution in [0.5, 0.6) is 0 Å². The van der Waals surface area contributed by atoms with E-state index in [-0.39, 0.29) is 24.5 Å². The first-order valence-corrected chi connectivity index (χ1v) is 9.26. The van der Waals surface area contributed by atoms with Crippen LogP contribution in [-0.4, -0.2) is 33.5 Å². The maximum atomic E-state index is 10.5. The molecule has 0 aromatic rings. The van der Waals surface area contributed by atoms with Crippen molar-refractivity contribution in [2.24, 2.45) is 23.7 Å². The van der Waals surface area contributed by atoms with Crippen LogP contribution in [0.1, 0.15) is 51.4 Å². The van der Waals surface area contributed by atoms with Crippen LogP contribution in [0.25, 0.3) is 0 Å². The lowest BCUT2D eigenvalue weighted by Crippen LogP contribution is -2.31. The van der Waals surface area contributed by atoms with Crippen molar-refractivity contribution in [3.05, 3.63) is 29.5 Å². The fourth-order valence-corrected chi connectivity index (χ4v) is 4.54. The molecule has 0 saturated heterocycles. The van der Waals surface area contributed by atoms with E-state index in [0.29, 0.717) is 24.2 Å². The summed E-state index contributed by atoms with van der Waals surface area (Å²) in [6.07, 6.45) is 12.1. The highest BCUT2D eigenvalue weighted by Crippen LogP contribution is 2.53. The Morgan fingerprint density at radius 1 is 1.33 bits per heavy atom. The van der Waals surface area contributed by atoms with Crippen LogP contribution in [0.3, 0.4) is 0 Å². The second-order valence-electron chi connectivity index (χ2n) is 7.59. The van der Waals surface area contributed by atoms with Gasteiger partial charge >= 0.3 is 5.97 Å². The summed E-state index contributed by atoms with van der Waals surface area (Å²) in [5, 5.41) is 29.3. The van der Waals surface area contributed by atoms with E-state index >= 15 is 0 Å². The number of allylic oxidation sites excluding steroid dienone is 1. The van der Waals surface area contributed by atoms with Gasteiger partial charge in [0.2, 0.25) is 0 Å². The summed E-state index contributed by atoms with van der Waals surface area (Å²) in [7, 11) is 0. The van der Waals surface area contributed by atoms with E-state index < -0.39 is 5.97 Å². The van der Waals surface area contributed by atoms with Gasteiger partial charge in [-0.15, -0.1) is 5.73 Å². The van der Waals surface area contributed by atoms with Crippen LogP contribution in [0, 0.1) is 23.7 Å². The molecule has 3 N–H and O–H groups in total. The molecule has 132 valence electrons. The first kappa shape index (κ1) is 17.5. The zero-order chi connectivity index (χ0) is 17.1. The number of aliphatic hydroxyl groups excluding tert-OH is 2. The zero-order valence-electron chi connectivity index (χ0n) is 14.1. The highest BCUT2D eigenvalue weighted by molar-refractivity contribution is 5.66. The van der Waals surface area contributed by atoms with E-state index in [1.54, 1.807) is 0 Å². The van der Waals surface area contributed by atoms with Crippen LogP contribution in [-0.2, 0) is 4.79 Å². The standard InChI is InChI=1S/C20H28O4/c21-18(13-5-1-2-6-13)10-9-15-12-16-14(11-17(16)20(15)24)7-3-4-8-19(22)23/h3,9-10,13,15-18,20-21,24H,1-2,4-6,8,11-12H2,(H,22,23). The van der Waals surface area contributed by atoms with Gasteiger partial charge in [0.05, 0.1) is 12.2 Å². The van der Waals surface area contributed by atoms with E-state index in [4.69, 9.17) is 5.11 Å². The Hall–Kier alpha value is -1.35. The van der Waals surface area contributed by atoms with Crippen molar-refractivity contribution in [1.82, 2.24) is 0 Å². The number of carboxylic acid groups (broad SMARTS) is 1. The Bertz CT molecular complexity index is 552. The largest absolute Gasteiger partial charge is 0.481 e. The fraction of sp³-hybridized carbons (Fsp3) is 0.700. The van der Waals surface area contributed by atoms with E-state index in [2.05, 4.69) is 5.73 Å².